The standard InChI is InChI=1S/C18H36/c1-7-12-18(11-5)15(8-2)13-14(6)16(9-3)17(18)10-4/h14-17H,7-13H2,1-6H3. The molecule has 1 fully saturated rings. The minimum Gasteiger partial charge on any atom is -0.0654 e. The van der Waals surface area contributed by atoms with E-state index in [0.717, 1.165) is 23.7 Å². The molecule has 0 heteroatoms. The van der Waals surface area contributed by atoms with Crippen LogP contribution in [-0.4, -0.2) is 0 Å². The van der Waals surface area contributed by atoms with Gasteiger partial charge in [-0.15, -0.1) is 0 Å². The van der Waals surface area contributed by atoms with Gasteiger partial charge in [-0.2, -0.15) is 0 Å². The van der Waals surface area contributed by atoms with Crippen molar-refractivity contribution in [3.05, 3.63) is 0 Å². The molecule has 1 aliphatic carbocycles. The third-order valence-electron chi connectivity index (χ3n) is 6.23. The van der Waals surface area contributed by atoms with Gasteiger partial charge < -0.3 is 0 Å². The molecular formula is C18H36. The fraction of sp³-hybridized carbons (Fsp3) is 1.00. The lowest BCUT2D eigenvalue weighted by atomic mass is 9.49. The van der Waals surface area contributed by atoms with Crippen LogP contribution < -0.4 is 0 Å². The first-order chi connectivity index (χ1) is 8.61. The first kappa shape index (κ1) is 16.1. The van der Waals surface area contributed by atoms with E-state index in [-0.39, 0.29) is 0 Å². The SMILES string of the molecule is CCCC1(CC)C(CC)CC(C)C(CC)C1CC. The van der Waals surface area contributed by atoms with Crippen molar-refractivity contribution >= 4 is 0 Å². The van der Waals surface area contributed by atoms with Crippen molar-refractivity contribution in [3.63, 3.8) is 0 Å². The molecule has 0 spiro atoms. The second-order valence-corrected chi connectivity index (χ2v) is 6.74. The third kappa shape index (κ3) is 2.63. The fourth-order valence-electron chi connectivity index (χ4n) is 5.54. The summed E-state index contributed by atoms with van der Waals surface area (Å²) in [6.07, 6.45) is 9.90. The Hall–Kier alpha value is 0. The molecule has 108 valence electrons. The van der Waals surface area contributed by atoms with Crippen LogP contribution >= 0.6 is 0 Å². The summed E-state index contributed by atoms with van der Waals surface area (Å²) >= 11 is 0. The molecule has 0 saturated heterocycles. The average Bonchev–Trinajstić information content (AvgIpc) is 2.39. The van der Waals surface area contributed by atoms with Crippen LogP contribution in [0, 0.1) is 29.1 Å². The Morgan fingerprint density at radius 2 is 1.61 bits per heavy atom. The topological polar surface area (TPSA) is 0 Å². The molecule has 1 aliphatic rings. The number of hydrogen-bond acceptors (Lipinski definition) is 0. The lowest BCUT2D eigenvalue weighted by molar-refractivity contribution is -0.0631. The Labute approximate surface area is 116 Å². The average molecular weight is 252 g/mol. The Balaban J connectivity index is 3.11. The Kier molecular flexibility index (Phi) is 6.21. The van der Waals surface area contributed by atoms with E-state index in [2.05, 4.69) is 41.5 Å². The van der Waals surface area contributed by atoms with Crippen LogP contribution in [0.2, 0.25) is 0 Å². The lowest BCUT2D eigenvalue weighted by Crippen LogP contribution is -2.47. The first-order valence-electron chi connectivity index (χ1n) is 8.61. The Morgan fingerprint density at radius 1 is 0.944 bits per heavy atom. The predicted molar refractivity (Wildman–Crippen MR) is 82.8 cm³/mol. The lowest BCUT2D eigenvalue weighted by Gasteiger charge is -2.55. The van der Waals surface area contributed by atoms with E-state index in [9.17, 15) is 0 Å². The highest BCUT2D eigenvalue weighted by Gasteiger charge is 2.49. The van der Waals surface area contributed by atoms with Gasteiger partial charge in [-0.25, -0.2) is 0 Å². The van der Waals surface area contributed by atoms with Crippen LogP contribution in [0.25, 0.3) is 0 Å². The molecule has 5 atom stereocenters. The van der Waals surface area contributed by atoms with E-state index in [1.54, 1.807) is 0 Å². The van der Waals surface area contributed by atoms with Gasteiger partial charge in [-0.05, 0) is 48.3 Å². The highest BCUT2D eigenvalue weighted by Crippen LogP contribution is 2.57. The van der Waals surface area contributed by atoms with Gasteiger partial charge in [0.2, 0.25) is 0 Å². The second kappa shape index (κ2) is 6.96. The molecule has 0 aromatic rings. The zero-order chi connectivity index (χ0) is 13.8. The third-order valence-corrected chi connectivity index (χ3v) is 6.23. The van der Waals surface area contributed by atoms with E-state index in [4.69, 9.17) is 0 Å². The Morgan fingerprint density at radius 3 is 2.00 bits per heavy atom. The maximum Gasteiger partial charge on any atom is -0.0241 e. The second-order valence-electron chi connectivity index (χ2n) is 6.74. The van der Waals surface area contributed by atoms with Gasteiger partial charge in [0.15, 0.2) is 0 Å². The van der Waals surface area contributed by atoms with Gasteiger partial charge in [0, 0.05) is 0 Å². The maximum absolute atomic E-state index is 2.52. The summed E-state index contributed by atoms with van der Waals surface area (Å²) < 4.78 is 0. The zero-order valence-corrected chi connectivity index (χ0v) is 13.8. The van der Waals surface area contributed by atoms with Crippen molar-refractivity contribution < 1.29 is 0 Å². The Bertz CT molecular complexity index is 232. The molecule has 1 saturated carbocycles. The van der Waals surface area contributed by atoms with Crippen LogP contribution in [-0.2, 0) is 0 Å². The molecule has 0 N–H and O–H groups in total. The minimum absolute atomic E-state index is 0.658. The van der Waals surface area contributed by atoms with Crippen molar-refractivity contribution in [1.29, 1.82) is 0 Å². The van der Waals surface area contributed by atoms with Crippen LogP contribution in [0.5, 0.6) is 0 Å². The zero-order valence-electron chi connectivity index (χ0n) is 13.8. The van der Waals surface area contributed by atoms with Gasteiger partial charge in [0.1, 0.15) is 0 Å². The van der Waals surface area contributed by atoms with Crippen molar-refractivity contribution in [2.24, 2.45) is 29.1 Å². The monoisotopic (exact) mass is 252 g/mol. The summed E-state index contributed by atoms with van der Waals surface area (Å²) in [5, 5.41) is 0. The van der Waals surface area contributed by atoms with Crippen molar-refractivity contribution in [2.75, 3.05) is 0 Å². The maximum atomic E-state index is 2.52. The van der Waals surface area contributed by atoms with Crippen molar-refractivity contribution in [2.45, 2.75) is 86.5 Å². The smallest absolute Gasteiger partial charge is 0.0241 e. The molecule has 0 aliphatic heterocycles. The summed E-state index contributed by atoms with van der Waals surface area (Å²) in [7, 11) is 0. The molecule has 0 radical (unpaired) electrons. The van der Waals surface area contributed by atoms with Crippen LogP contribution in [0.4, 0.5) is 0 Å². The normalized spacial score (nSPS) is 41.0. The summed E-state index contributed by atoms with van der Waals surface area (Å²) in [5.74, 6) is 3.87. The van der Waals surface area contributed by atoms with E-state index in [1.807, 2.05) is 0 Å². The van der Waals surface area contributed by atoms with Gasteiger partial charge >= 0.3 is 0 Å². The van der Waals surface area contributed by atoms with Gasteiger partial charge in [0.25, 0.3) is 0 Å². The molecule has 0 amide bonds. The highest BCUT2D eigenvalue weighted by atomic mass is 14.5. The number of hydrogen-bond donors (Lipinski definition) is 0. The summed E-state index contributed by atoms with van der Waals surface area (Å²) in [6.45, 7) is 14.7. The minimum atomic E-state index is 0.658. The number of rotatable bonds is 6. The van der Waals surface area contributed by atoms with E-state index in [1.165, 1.54) is 44.9 Å². The summed E-state index contributed by atoms with van der Waals surface area (Å²) in [5.41, 5.74) is 0.658. The van der Waals surface area contributed by atoms with Gasteiger partial charge in [-0.1, -0.05) is 67.2 Å². The summed E-state index contributed by atoms with van der Waals surface area (Å²) in [6, 6.07) is 0. The molecule has 18 heavy (non-hydrogen) atoms. The quantitative estimate of drug-likeness (QED) is 0.520. The molecule has 0 bridgehead atoms. The highest BCUT2D eigenvalue weighted by molar-refractivity contribution is 4.98. The molecular weight excluding hydrogens is 216 g/mol. The van der Waals surface area contributed by atoms with Crippen molar-refractivity contribution in [3.8, 4) is 0 Å². The molecule has 0 nitrogen and oxygen atoms in total. The van der Waals surface area contributed by atoms with E-state index >= 15 is 0 Å². The van der Waals surface area contributed by atoms with Gasteiger partial charge in [-0.3, -0.25) is 0 Å². The van der Waals surface area contributed by atoms with Crippen molar-refractivity contribution in [1.82, 2.24) is 0 Å². The van der Waals surface area contributed by atoms with E-state index in [0.29, 0.717) is 5.41 Å². The molecule has 0 heterocycles. The van der Waals surface area contributed by atoms with Crippen LogP contribution in [0.15, 0.2) is 0 Å². The van der Waals surface area contributed by atoms with E-state index < -0.39 is 0 Å². The molecule has 0 aromatic carbocycles. The van der Waals surface area contributed by atoms with Gasteiger partial charge in [0.05, 0.1) is 0 Å². The molecule has 0 aromatic heterocycles. The fourth-order valence-corrected chi connectivity index (χ4v) is 5.54. The molecule has 1 rings (SSSR count). The van der Waals surface area contributed by atoms with Crippen LogP contribution in [0.1, 0.15) is 86.5 Å². The summed E-state index contributed by atoms with van der Waals surface area (Å²) in [4.78, 5) is 0. The first-order valence-corrected chi connectivity index (χ1v) is 8.61. The molecule has 5 unspecified atom stereocenters. The van der Waals surface area contributed by atoms with Crippen LogP contribution in [0.3, 0.4) is 0 Å². The predicted octanol–water partition coefficient (Wildman–Crippen LogP) is 6.30. The largest absolute Gasteiger partial charge is 0.0654 e.